The highest BCUT2D eigenvalue weighted by molar-refractivity contribution is 6.28. The van der Waals surface area contributed by atoms with Gasteiger partial charge in [-0.2, -0.15) is 0 Å². The zero-order chi connectivity index (χ0) is 7.78. The van der Waals surface area contributed by atoms with Crippen LogP contribution in [-0.2, 0) is 5.54 Å². The molecule has 0 aliphatic rings. The molecule has 0 saturated heterocycles. The Labute approximate surface area is 65.0 Å². The molecule has 0 radical (unpaired) electrons. The van der Waals surface area contributed by atoms with Gasteiger partial charge in [0, 0.05) is 0 Å². The van der Waals surface area contributed by atoms with Gasteiger partial charge in [0.2, 0.25) is 5.28 Å². The molecule has 10 heavy (non-hydrogen) atoms. The van der Waals surface area contributed by atoms with E-state index in [1.807, 2.05) is 20.8 Å². The SMILES string of the molecule is CC(C)(C)n1cnc(Cl)n1. The van der Waals surface area contributed by atoms with Crippen LogP contribution in [0.25, 0.3) is 0 Å². The molecule has 0 aromatic carbocycles. The smallest absolute Gasteiger partial charge is 0.242 e. The average molecular weight is 160 g/mol. The molecule has 0 atom stereocenters. The largest absolute Gasteiger partial charge is 0.246 e. The van der Waals surface area contributed by atoms with Crippen molar-refractivity contribution in [1.29, 1.82) is 0 Å². The van der Waals surface area contributed by atoms with Crippen molar-refractivity contribution in [2.45, 2.75) is 26.3 Å². The molecule has 1 rings (SSSR count). The van der Waals surface area contributed by atoms with Crippen molar-refractivity contribution >= 4 is 11.6 Å². The zero-order valence-corrected chi connectivity index (χ0v) is 7.05. The molecule has 0 bridgehead atoms. The van der Waals surface area contributed by atoms with E-state index in [-0.39, 0.29) is 5.54 Å². The van der Waals surface area contributed by atoms with Crippen LogP contribution in [-0.4, -0.2) is 14.8 Å². The van der Waals surface area contributed by atoms with Gasteiger partial charge in [0.05, 0.1) is 5.54 Å². The van der Waals surface area contributed by atoms with Gasteiger partial charge in [-0.1, -0.05) is 0 Å². The Morgan fingerprint density at radius 2 is 2.10 bits per heavy atom. The van der Waals surface area contributed by atoms with Crippen molar-refractivity contribution < 1.29 is 0 Å². The summed E-state index contributed by atoms with van der Waals surface area (Å²) in [4.78, 5) is 3.80. The molecule has 3 nitrogen and oxygen atoms in total. The van der Waals surface area contributed by atoms with Crippen LogP contribution in [0.2, 0.25) is 5.28 Å². The van der Waals surface area contributed by atoms with E-state index in [0.717, 1.165) is 0 Å². The normalized spacial score (nSPS) is 12.0. The van der Waals surface area contributed by atoms with Crippen LogP contribution in [0.1, 0.15) is 20.8 Å². The second kappa shape index (κ2) is 2.23. The van der Waals surface area contributed by atoms with E-state index in [9.17, 15) is 0 Å². The molecular formula is C6H10ClN3. The lowest BCUT2D eigenvalue weighted by molar-refractivity contribution is 0.354. The monoisotopic (exact) mass is 159 g/mol. The van der Waals surface area contributed by atoms with Crippen LogP contribution in [0.3, 0.4) is 0 Å². The van der Waals surface area contributed by atoms with Crippen LogP contribution in [0.15, 0.2) is 6.33 Å². The predicted molar refractivity (Wildman–Crippen MR) is 40.0 cm³/mol. The number of hydrogen-bond donors (Lipinski definition) is 0. The molecule has 0 aliphatic heterocycles. The van der Waals surface area contributed by atoms with Crippen molar-refractivity contribution in [2.75, 3.05) is 0 Å². The molecule has 0 aliphatic carbocycles. The summed E-state index contributed by atoms with van der Waals surface area (Å²) in [6, 6.07) is 0. The third-order valence-electron chi connectivity index (χ3n) is 1.15. The molecule has 1 heterocycles. The van der Waals surface area contributed by atoms with E-state index in [1.165, 1.54) is 0 Å². The summed E-state index contributed by atoms with van der Waals surface area (Å²) in [6.07, 6.45) is 1.63. The van der Waals surface area contributed by atoms with Gasteiger partial charge in [-0.05, 0) is 32.4 Å². The fraction of sp³-hybridized carbons (Fsp3) is 0.667. The van der Waals surface area contributed by atoms with Crippen LogP contribution in [0, 0.1) is 0 Å². The lowest BCUT2D eigenvalue weighted by atomic mass is 10.1. The lowest BCUT2D eigenvalue weighted by Crippen LogP contribution is -2.22. The molecule has 0 amide bonds. The fourth-order valence-corrected chi connectivity index (χ4v) is 0.691. The van der Waals surface area contributed by atoms with Crippen molar-refractivity contribution in [2.24, 2.45) is 0 Å². The summed E-state index contributed by atoms with van der Waals surface area (Å²) in [7, 11) is 0. The Bertz CT molecular complexity index is 223. The highest BCUT2D eigenvalue weighted by Gasteiger charge is 2.13. The summed E-state index contributed by atoms with van der Waals surface area (Å²) in [6.45, 7) is 6.12. The van der Waals surface area contributed by atoms with Crippen LogP contribution >= 0.6 is 11.6 Å². The van der Waals surface area contributed by atoms with E-state index in [2.05, 4.69) is 10.1 Å². The summed E-state index contributed by atoms with van der Waals surface area (Å²) in [5.74, 6) is 0. The van der Waals surface area contributed by atoms with Gasteiger partial charge in [-0.15, -0.1) is 5.10 Å². The number of aromatic nitrogens is 3. The third kappa shape index (κ3) is 1.48. The Kier molecular flexibility index (Phi) is 1.68. The summed E-state index contributed by atoms with van der Waals surface area (Å²) in [5, 5.41) is 4.25. The quantitative estimate of drug-likeness (QED) is 0.577. The number of rotatable bonds is 0. The highest BCUT2D eigenvalue weighted by Crippen LogP contribution is 2.12. The van der Waals surface area contributed by atoms with Crippen molar-refractivity contribution in [1.82, 2.24) is 14.8 Å². The molecule has 0 unspecified atom stereocenters. The van der Waals surface area contributed by atoms with Gasteiger partial charge in [-0.3, -0.25) is 0 Å². The zero-order valence-electron chi connectivity index (χ0n) is 6.30. The van der Waals surface area contributed by atoms with Gasteiger partial charge in [0.15, 0.2) is 0 Å². The molecule has 0 N–H and O–H groups in total. The first kappa shape index (κ1) is 7.54. The standard InChI is InChI=1S/C6H10ClN3/c1-6(2,3)10-4-8-5(7)9-10/h4H,1-3H3. The second-order valence-electron chi connectivity index (χ2n) is 3.13. The Balaban J connectivity index is 2.96. The Hall–Kier alpha value is -0.570. The van der Waals surface area contributed by atoms with E-state index in [4.69, 9.17) is 11.6 Å². The summed E-state index contributed by atoms with van der Waals surface area (Å²) in [5.41, 5.74) is -0.0276. The molecule has 1 aromatic heterocycles. The predicted octanol–water partition coefficient (Wildman–Crippen LogP) is 1.69. The van der Waals surface area contributed by atoms with Crippen molar-refractivity contribution in [3.05, 3.63) is 11.6 Å². The van der Waals surface area contributed by atoms with Gasteiger partial charge >= 0.3 is 0 Å². The summed E-state index contributed by atoms with van der Waals surface area (Å²) < 4.78 is 1.73. The first-order valence-electron chi connectivity index (χ1n) is 3.08. The maximum Gasteiger partial charge on any atom is 0.242 e. The van der Waals surface area contributed by atoms with Crippen LogP contribution in [0.5, 0.6) is 0 Å². The molecule has 0 fully saturated rings. The van der Waals surface area contributed by atoms with Gasteiger partial charge in [-0.25, -0.2) is 9.67 Å². The minimum absolute atomic E-state index is 0.0276. The van der Waals surface area contributed by atoms with E-state index in [0.29, 0.717) is 5.28 Å². The lowest BCUT2D eigenvalue weighted by Gasteiger charge is -2.17. The Morgan fingerprint density at radius 1 is 1.50 bits per heavy atom. The number of halogens is 1. The maximum atomic E-state index is 5.52. The highest BCUT2D eigenvalue weighted by atomic mass is 35.5. The summed E-state index contributed by atoms with van der Waals surface area (Å²) >= 11 is 5.52. The molecule has 0 spiro atoms. The first-order chi connectivity index (χ1) is 4.50. The minimum atomic E-state index is -0.0276. The van der Waals surface area contributed by atoms with E-state index >= 15 is 0 Å². The van der Waals surface area contributed by atoms with Gasteiger partial charge < -0.3 is 0 Å². The van der Waals surface area contributed by atoms with Crippen molar-refractivity contribution in [3.8, 4) is 0 Å². The van der Waals surface area contributed by atoms with E-state index in [1.54, 1.807) is 11.0 Å². The topological polar surface area (TPSA) is 30.7 Å². The molecule has 56 valence electrons. The molecular weight excluding hydrogens is 150 g/mol. The van der Waals surface area contributed by atoms with Crippen LogP contribution < -0.4 is 0 Å². The molecule has 4 heteroatoms. The van der Waals surface area contributed by atoms with Crippen LogP contribution in [0.4, 0.5) is 0 Å². The van der Waals surface area contributed by atoms with E-state index < -0.39 is 0 Å². The third-order valence-corrected chi connectivity index (χ3v) is 1.32. The number of hydrogen-bond acceptors (Lipinski definition) is 2. The second-order valence-corrected chi connectivity index (χ2v) is 3.47. The average Bonchev–Trinajstić information content (AvgIpc) is 2.11. The first-order valence-corrected chi connectivity index (χ1v) is 3.45. The maximum absolute atomic E-state index is 5.52. The van der Waals surface area contributed by atoms with Gasteiger partial charge in [0.1, 0.15) is 6.33 Å². The molecule has 0 saturated carbocycles. The van der Waals surface area contributed by atoms with Crippen molar-refractivity contribution in [3.63, 3.8) is 0 Å². The minimum Gasteiger partial charge on any atom is -0.246 e. The Morgan fingerprint density at radius 3 is 2.30 bits per heavy atom. The number of nitrogens with zero attached hydrogens (tertiary/aromatic N) is 3. The fourth-order valence-electron chi connectivity index (χ4n) is 0.566. The van der Waals surface area contributed by atoms with Gasteiger partial charge in [0.25, 0.3) is 0 Å². The molecule has 1 aromatic rings.